The highest BCUT2D eigenvalue weighted by Crippen LogP contribution is 1.80. The topological polar surface area (TPSA) is 61.1 Å². The first-order chi connectivity index (χ1) is 3.27. The number of carbonyl (C=O) groups is 1. The van der Waals surface area contributed by atoms with Crippen molar-refractivity contribution in [1.82, 2.24) is 0 Å². The monoisotopic (exact) mass is 98.0 g/mol. The lowest BCUT2D eigenvalue weighted by molar-refractivity contribution is -0.133. The third-order valence-corrected chi connectivity index (χ3v) is 0.368. The summed E-state index contributed by atoms with van der Waals surface area (Å²) in [5.74, 6) is -1.04. The van der Waals surface area contributed by atoms with Gasteiger partial charge in [-0.3, -0.25) is 4.79 Å². The Morgan fingerprint density at radius 2 is 2.57 bits per heavy atom. The number of aliphatic carboxylic acids is 1. The fourth-order valence-electron chi connectivity index (χ4n) is 0.133. The van der Waals surface area contributed by atoms with Crippen LogP contribution in [0.25, 0.3) is 0 Å². The molecular weight excluding hydrogens is 94.0 g/mol. The number of carboxylic acids is 1. The molecule has 0 amide bonds. The third-order valence-electron chi connectivity index (χ3n) is 0.368. The molecule has 0 heterocycles. The molecule has 0 rings (SSSR count). The van der Waals surface area contributed by atoms with E-state index in [0.29, 0.717) is 0 Å². The van der Waals surface area contributed by atoms with Gasteiger partial charge in [-0.1, -0.05) is 0 Å². The summed E-state index contributed by atoms with van der Waals surface area (Å²) >= 11 is 0. The smallest absolute Gasteiger partial charge is 0.308 e. The SMILES string of the molecule is N#CC[CH]C(=O)O. The Bertz CT molecular complexity index is 103. The van der Waals surface area contributed by atoms with E-state index in [2.05, 4.69) is 0 Å². The molecule has 3 nitrogen and oxygen atoms in total. The van der Waals surface area contributed by atoms with Crippen molar-refractivity contribution in [3.05, 3.63) is 6.42 Å². The van der Waals surface area contributed by atoms with Crippen LogP contribution in [0.5, 0.6) is 0 Å². The van der Waals surface area contributed by atoms with E-state index in [4.69, 9.17) is 10.4 Å². The Morgan fingerprint density at radius 3 is 2.71 bits per heavy atom. The van der Waals surface area contributed by atoms with E-state index in [1.54, 1.807) is 6.07 Å². The molecule has 0 aromatic carbocycles. The Labute approximate surface area is 41.2 Å². The predicted octanol–water partition coefficient (Wildman–Crippen LogP) is 0.189. The summed E-state index contributed by atoms with van der Waals surface area (Å²) in [6.45, 7) is 0. The van der Waals surface area contributed by atoms with Crippen LogP contribution in [0.3, 0.4) is 0 Å². The molecule has 0 aliphatic heterocycles. The molecule has 0 unspecified atom stereocenters. The Morgan fingerprint density at radius 1 is 2.00 bits per heavy atom. The second kappa shape index (κ2) is 3.16. The lowest BCUT2D eigenvalue weighted by Gasteiger charge is -1.77. The number of nitrogens with zero attached hydrogens (tertiary/aromatic N) is 1. The number of hydrogen-bond donors (Lipinski definition) is 1. The van der Waals surface area contributed by atoms with Crippen molar-refractivity contribution in [2.24, 2.45) is 0 Å². The lowest BCUT2D eigenvalue weighted by Crippen LogP contribution is -1.92. The highest BCUT2D eigenvalue weighted by Gasteiger charge is 1.92. The minimum atomic E-state index is -1.04. The Kier molecular flexibility index (Phi) is 2.69. The average Bonchev–Trinajstić information content (AvgIpc) is 1.61. The molecule has 7 heavy (non-hydrogen) atoms. The first-order valence-corrected chi connectivity index (χ1v) is 1.70. The summed E-state index contributed by atoms with van der Waals surface area (Å²) in [7, 11) is 0. The van der Waals surface area contributed by atoms with Crippen molar-refractivity contribution in [2.75, 3.05) is 0 Å². The standard InChI is InChI=1S/C4H4NO2/c5-3-1-2-4(6)7/h2H,1H2,(H,6,7). The molecule has 0 aromatic heterocycles. The molecule has 0 saturated carbocycles. The van der Waals surface area contributed by atoms with Crippen molar-refractivity contribution >= 4 is 5.97 Å². The maximum atomic E-state index is 9.55. The molecule has 1 radical (unpaired) electrons. The summed E-state index contributed by atoms with van der Waals surface area (Å²) in [5.41, 5.74) is 0. The van der Waals surface area contributed by atoms with Gasteiger partial charge in [0.05, 0.1) is 12.5 Å². The molecule has 0 aromatic rings. The van der Waals surface area contributed by atoms with E-state index >= 15 is 0 Å². The van der Waals surface area contributed by atoms with E-state index in [1.807, 2.05) is 0 Å². The lowest BCUT2D eigenvalue weighted by atomic mass is 10.3. The molecule has 0 fully saturated rings. The first-order valence-electron chi connectivity index (χ1n) is 1.70. The zero-order valence-electron chi connectivity index (χ0n) is 3.59. The molecule has 1 N–H and O–H groups in total. The summed E-state index contributed by atoms with van der Waals surface area (Å²) < 4.78 is 0. The summed E-state index contributed by atoms with van der Waals surface area (Å²) in [5, 5.41) is 15.6. The van der Waals surface area contributed by atoms with Gasteiger partial charge in [-0.15, -0.1) is 0 Å². The minimum Gasteiger partial charge on any atom is -0.481 e. The first kappa shape index (κ1) is 5.96. The summed E-state index contributed by atoms with van der Waals surface area (Å²) in [4.78, 5) is 9.55. The van der Waals surface area contributed by atoms with Crippen molar-refractivity contribution < 1.29 is 9.90 Å². The fourth-order valence-corrected chi connectivity index (χ4v) is 0.133. The van der Waals surface area contributed by atoms with E-state index in [9.17, 15) is 4.79 Å². The van der Waals surface area contributed by atoms with Crippen LogP contribution in [0.4, 0.5) is 0 Å². The van der Waals surface area contributed by atoms with Crippen LogP contribution in [-0.4, -0.2) is 11.1 Å². The van der Waals surface area contributed by atoms with Gasteiger partial charge in [0.25, 0.3) is 0 Å². The maximum Gasteiger partial charge on any atom is 0.308 e. The number of rotatable bonds is 2. The minimum absolute atomic E-state index is 0.0185. The zero-order valence-corrected chi connectivity index (χ0v) is 3.59. The second-order valence-electron chi connectivity index (χ2n) is 0.905. The van der Waals surface area contributed by atoms with Gasteiger partial charge in [0.15, 0.2) is 0 Å². The summed E-state index contributed by atoms with van der Waals surface area (Å²) in [6.07, 6.45) is 0.884. The van der Waals surface area contributed by atoms with Gasteiger partial charge >= 0.3 is 5.97 Å². The van der Waals surface area contributed by atoms with Crippen LogP contribution in [0, 0.1) is 17.8 Å². The quantitative estimate of drug-likeness (QED) is 0.536. The van der Waals surface area contributed by atoms with E-state index < -0.39 is 5.97 Å². The van der Waals surface area contributed by atoms with Gasteiger partial charge in [0.2, 0.25) is 0 Å². The van der Waals surface area contributed by atoms with E-state index in [-0.39, 0.29) is 6.42 Å². The maximum absolute atomic E-state index is 9.55. The highest BCUT2D eigenvalue weighted by molar-refractivity contribution is 5.76. The zero-order chi connectivity index (χ0) is 5.70. The van der Waals surface area contributed by atoms with Crippen LogP contribution >= 0.6 is 0 Å². The highest BCUT2D eigenvalue weighted by atomic mass is 16.4. The summed E-state index contributed by atoms with van der Waals surface area (Å²) in [6, 6.07) is 1.66. The molecule has 3 heteroatoms. The molecule has 0 aliphatic carbocycles. The van der Waals surface area contributed by atoms with E-state index in [1.165, 1.54) is 0 Å². The predicted molar refractivity (Wildman–Crippen MR) is 22.2 cm³/mol. The Hall–Kier alpha value is -1.04. The molecule has 0 saturated heterocycles. The molecular formula is C4H4NO2. The number of carboxylic acid groups (broad SMARTS) is 1. The van der Waals surface area contributed by atoms with Crippen LogP contribution in [0.2, 0.25) is 0 Å². The molecule has 0 aliphatic rings. The van der Waals surface area contributed by atoms with Crippen molar-refractivity contribution in [2.45, 2.75) is 6.42 Å². The molecule has 37 valence electrons. The van der Waals surface area contributed by atoms with Gasteiger partial charge in [0.1, 0.15) is 0 Å². The average molecular weight is 98.1 g/mol. The van der Waals surface area contributed by atoms with Crippen molar-refractivity contribution in [1.29, 1.82) is 5.26 Å². The van der Waals surface area contributed by atoms with Gasteiger partial charge in [-0.05, 0) is 0 Å². The normalized spacial score (nSPS) is 7.29. The van der Waals surface area contributed by atoms with Gasteiger partial charge in [-0.2, -0.15) is 5.26 Å². The van der Waals surface area contributed by atoms with Crippen LogP contribution in [-0.2, 0) is 4.79 Å². The fraction of sp³-hybridized carbons (Fsp3) is 0.250. The Balaban J connectivity index is 3.02. The van der Waals surface area contributed by atoms with Crippen molar-refractivity contribution in [3.8, 4) is 6.07 Å². The van der Waals surface area contributed by atoms with Crippen LogP contribution < -0.4 is 0 Å². The van der Waals surface area contributed by atoms with E-state index in [0.717, 1.165) is 6.42 Å². The van der Waals surface area contributed by atoms with Crippen LogP contribution in [0.1, 0.15) is 6.42 Å². The second-order valence-corrected chi connectivity index (χ2v) is 0.905. The van der Waals surface area contributed by atoms with Gasteiger partial charge < -0.3 is 5.11 Å². The molecule has 0 spiro atoms. The molecule has 0 bridgehead atoms. The van der Waals surface area contributed by atoms with Gasteiger partial charge in [0, 0.05) is 6.42 Å². The van der Waals surface area contributed by atoms with Crippen LogP contribution in [0.15, 0.2) is 0 Å². The van der Waals surface area contributed by atoms with Gasteiger partial charge in [-0.25, -0.2) is 0 Å². The third kappa shape index (κ3) is 4.96. The largest absolute Gasteiger partial charge is 0.481 e. The molecule has 0 atom stereocenters. The number of nitriles is 1. The number of hydrogen-bond acceptors (Lipinski definition) is 2. The van der Waals surface area contributed by atoms with Crippen molar-refractivity contribution in [3.63, 3.8) is 0 Å².